The first-order valence-electron chi connectivity index (χ1n) is 13.8. The number of H-pyrrole nitrogens is 1. The van der Waals surface area contributed by atoms with Crippen LogP contribution in [0.5, 0.6) is 0 Å². The van der Waals surface area contributed by atoms with E-state index >= 15 is 0 Å². The number of amides is 3. The van der Waals surface area contributed by atoms with E-state index in [-0.39, 0.29) is 18.2 Å². The van der Waals surface area contributed by atoms with E-state index < -0.39 is 12.1 Å². The van der Waals surface area contributed by atoms with Gasteiger partial charge in [0.05, 0.1) is 16.7 Å². The van der Waals surface area contributed by atoms with Crippen molar-refractivity contribution in [1.82, 2.24) is 24.6 Å². The van der Waals surface area contributed by atoms with E-state index in [0.717, 1.165) is 38.9 Å². The third-order valence-electron chi connectivity index (χ3n) is 7.62. The Morgan fingerprint density at radius 1 is 1.07 bits per heavy atom. The molecule has 0 spiro atoms. The summed E-state index contributed by atoms with van der Waals surface area (Å²) in [7, 11) is 0. The van der Waals surface area contributed by atoms with Crippen LogP contribution in [-0.4, -0.2) is 49.6 Å². The minimum Gasteiger partial charge on any atom is -0.360 e. The quantitative estimate of drug-likeness (QED) is 0.107. The van der Waals surface area contributed by atoms with Crippen molar-refractivity contribution in [1.29, 1.82) is 0 Å². The van der Waals surface area contributed by atoms with Crippen LogP contribution in [-0.2, 0) is 11.2 Å². The molecule has 42 heavy (non-hydrogen) atoms. The summed E-state index contributed by atoms with van der Waals surface area (Å²) in [5.41, 5.74) is 5.69. The van der Waals surface area contributed by atoms with E-state index in [1.54, 1.807) is 12.3 Å². The van der Waals surface area contributed by atoms with Gasteiger partial charge >= 0.3 is 6.03 Å². The van der Waals surface area contributed by atoms with Gasteiger partial charge < -0.3 is 10.3 Å². The SMILES string of the molecule is Cc1ccc(C(=O)CCCCN2C(=O)NC(Cc3c[nH]c4c(Cl)cccc34)C2=O)cc1C#Cc1cnc2ccccn12. The maximum Gasteiger partial charge on any atom is 0.324 e. The lowest BCUT2D eigenvalue weighted by atomic mass is 10.00. The minimum atomic E-state index is -0.634. The Hall–Kier alpha value is -4.87. The number of imidazole rings is 1. The molecule has 0 saturated carbocycles. The van der Waals surface area contributed by atoms with E-state index in [4.69, 9.17) is 11.6 Å². The van der Waals surface area contributed by atoms with E-state index in [1.807, 2.05) is 72.2 Å². The summed E-state index contributed by atoms with van der Waals surface area (Å²) in [5, 5.41) is 4.33. The molecule has 2 aromatic carbocycles. The highest BCUT2D eigenvalue weighted by Gasteiger charge is 2.37. The first-order valence-corrected chi connectivity index (χ1v) is 14.2. The number of hydrogen-bond acceptors (Lipinski definition) is 4. The number of Topliss-reactive ketones (excluding diaryl/α,β-unsaturated/α-hetero) is 1. The van der Waals surface area contributed by atoms with Gasteiger partial charge in [-0.2, -0.15) is 0 Å². The molecule has 5 aromatic rings. The van der Waals surface area contributed by atoms with Crippen molar-refractivity contribution >= 4 is 45.9 Å². The molecule has 6 rings (SSSR count). The van der Waals surface area contributed by atoms with Crippen molar-refractivity contribution in [3.05, 3.63) is 106 Å². The second kappa shape index (κ2) is 11.6. The first kappa shape index (κ1) is 27.3. The number of ketones is 1. The lowest BCUT2D eigenvalue weighted by Crippen LogP contribution is -2.33. The number of aryl methyl sites for hydroxylation is 1. The Labute approximate surface area is 247 Å². The van der Waals surface area contributed by atoms with Crippen LogP contribution in [0.1, 0.15) is 52.0 Å². The van der Waals surface area contributed by atoms with Gasteiger partial charge in [0.1, 0.15) is 17.4 Å². The van der Waals surface area contributed by atoms with Gasteiger partial charge in [-0.05, 0) is 61.1 Å². The molecule has 1 aliphatic rings. The first-order chi connectivity index (χ1) is 20.4. The largest absolute Gasteiger partial charge is 0.360 e. The molecule has 1 fully saturated rings. The molecular weight excluding hydrogens is 550 g/mol. The second-order valence-corrected chi connectivity index (χ2v) is 10.8. The van der Waals surface area contributed by atoms with Crippen LogP contribution in [0.3, 0.4) is 0 Å². The number of carbonyl (C=O) groups is 3. The summed E-state index contributed by atoms with van der Waals surface area (Å²) < 4.78 is 1.92. The summed E-state index contributed by atoms with van der Waals surface area (Å²) in [6.07, 6.45) is 7.25. The smallest absolute Gasteiger partial charge is 0.324 e. The highest BCUT2D eigenvalue weighted by atomic mass is 35.5. The molecule has 1 saturated heterocycles. The zero-order chi connectivity index (χ0) is 29.2. The predicted octanol–water partition coefficient (Wildman–Crippen LogP) is 5.69. The Balaban J connectivity index is 1.03. The van der Waals surface area contributed by atoms with Crippen molar-refractivity contribution in [2.45, 2.75) is 38.6 Å². The molecule has 3 aromatic heterocycles. The number of halogens is 1. The molecule has 4 heterocycles. The van der Waals surface area contributed by atoms with Gasteiger partial charge in [-0.25, -0.2) is 9.78 Å². The van der Waals surface area contributed by atoms with Crippen molar-refractivity contribution in [2.75, 3.05) is 6.54 Å². The number of fused-ring (bicyclic) bond motifs is 2. The molecule has 2 N–H and O–H groups in total. The second-order valence-electron chi connectivity index (χ2n) is 10.4. The van der Waals surface area contributed by atoms with E-state index in [0.29, 0.717) is 36.3 Å². The number of pyridine rings is 1. The van der Waals surface area contributed by atoms with E-state index in [2.05, 4.69) is 27.1 Å². The van der Waals surface area contributed by atoms with Gasteiger partial charge in [0, 0.05) is 48.3 Å². The molecule has 3 amide bonds. The van der Waals surface area contributed by atoms with Crippen LogP contribution in [0.25, 0.3) is 16.6 Å². The Kier molecular flexibility index (Phi) is 7.51. The molecule has 9 heteroatoms. The number of urea groups is 1. The molecule has 8 nitrogen and oxygen atoms in total. The number of nitrogens with zero attached hydrogens (tertiary/aromatic N) is 3. The van der Waals surface area contributed by atoms with Gasteiger partial charge in [0.25, 0.3) is 5.91 Å². The predicted molar refractivity (Wildman–Crippen MR) is 162 cm³/mol. The Morgan fingerprint density at radius 2 is 1.95 bits per heavy atom. The number of carbonyl (C=O) groups excluding carboxylic acids is 3. The number of nitrogens with one attached hydrogen (secondary N) is 2. The molecule has 1 atom stereocenters. The van der Waals surface area contributed by atoms with Crippen LogP contribution in [0.15, 0.2) is 73.2 Å². The Bertz CT molecular complexity index is 1910. The third-order valence-corrected chi connectivity index (χ3v) is 7.93. The molecule has 0 bridgehead atoms. The van der Waals surface area contributed by atoms with Crippen LogP contribution >= 0.6 is 11.6 Å². The summed E-state index contributed by atoms with van der Waals surface area (Å²) in [5.74, 6) is 6.10. The fourth-order valence-electron chi connectivity index (χ4n) is 5.28. The highest BCUT2D eigenvalue weighted by molar-refractivity contribution is 6.35. The average molecular weight is 578 g/mol. The van der Waals surface area contributed by atoms with Crippen molar-refractivity contribution in [3.63, 3.8) is 0 Å². The number of benzene rings is 2. The molecule has 0 aliphatic carbocycles. The maximum atomic E-state index is 13.0. The van der Waals surface area contributed by atoms with Gasteiger partial charge in [0.2, 0.25) is 0 Å². The number of aromatic amines is 1. The number of unbranched alkanes of at least 4 members (excludes halogenated alkanes) is 1. The summed E-state index contributed by atoms with van der Waals surface area (Å²) >= 11 is 6.25. The zero-order valence-corrected chi connectivity index (χ0v) is 23.7. The normalized spacial score (nSPS) is 14.8. The standard InChI is InChI=1S/C33H28ClN5O3/c1-21-11-12-23(17-22(21)13-14-25-20-35-30-10-3-5-15-38(25)30)29(40)9-2-4-16-39-32(41)28(37-33(39)42)18-24-19-36-31-26(24)7-6-8-27(31)34/h3,5-8,10-12,15,17,19-20,28,36H,2,4,9,16,18H2,1H3,(H,37,42). The fraction of sp³-hybridized carbons (Fsp3) is 0.212. The average Bonchev–Trinajstić information content (AvgIpc) is 3.67. The van der Waals surface area contributed by atoms with Crippen LogP contribution in [0.2, 0.25) is 5.02 Å². The molecule has 1 aliphatic heterocycles. The number of rotatable bonds is 8. The van der Waals surface area contributed by atoms with Gasteiger partial charge in [0.15, 0.2) is 5.78 Å². The van der Waals surface area contributed by atoms with Gasteiger partial charge in [-0.15, -0.1) is 0 Å². The van der Waals surface area contributed by atoms with Crippen molar-refractivity contribution < 1.29 is 14.4 Å². The van der Waals surface area contributed by atoms with Gasteiger partial charge in [-0.1, -0.05) is 47.9 Å². The summed E-state index contributed by atoms with van der Waals surface area (Å²) in [4.78, 5) is 47.3. The van der Waals surface area contributed by atoms with E-state index in [1.165, 1.54) is 4.90 Å². The molecular formula is C33H28ClN5O3. The number of hydrogen-bond donors (Lipinski definition) is 2. The summed E-state index contributed by atoms with van der Waals surface area (Å²) in [6.45, 7) is 2.23. The lowest BCUT2D eigenvalue weighted by molar-refractivity contribution is -0.127. The number of aromatic nitrogens is 3. The van der Waals surface area contributed by atoms with Crippen LogP contribution in [0.4, 0.5) is 4.79 Å². The van der Waals surface area contributed by atoms with Gasteiger partial charge in [-0.3, -0.25) is 18.9 Å². The third kappa shape index (κ3) is 5.39. The summed E-state index contributed by atoms with van der Waals surface area (Å²) in [6, 6.07) is 15.9. The molecule has 1 unspecified atom stereocenters. The highest BCUT2D eigenvalue weighted by Crippen LogP contribution is 2.27. The van der Waals surface area contributed by atoms with Crippen LogP contribution in [0, 0.1) is 18.8 Å². The zero-order valence-electron chi connectivity index (χ0n) is 23.0. The molecule has 210 valence electrons. The topological polar surface area (TPSA) is 99.6 Å². The number of imide groups is 1. The van der Waals surface area contributed by atoms with E-state index in [9.17, 15) is 14.4 Å². The van der Waals surface area contributed by atoms with Crippen LogP contribution < -0.4 is 5.32 Å². The van der Waals surface area contributed by atoms with Crippen molar-refractivity contribution in [3.8, 4) is 11.8 Å². The monoisotopic (exact) mass is 577 g/mol. The maximum absolute atomic E-state index is 13.0. The van der Waals surface area contributed by atoms with Crippen molar-refractivity contribution in [2.24, 2.45) is 0 Å². The molecule has 0 radical (unpaired) electrons. The number of para-hydroxylation sites is 1. The minimum absolute atomic E-state index is 0.000857. The lowest BCUT2D eigenvalue weighted by Gasteiger charge is -2.13. The fourth-order valence-corrected chi connectivity index (χ4v) is 5.51. The Morgan fingerprint density at radius 3 is 2.83 bits per heavy atom.